The van der Waals surface area contributed by atoms with Gasteiger partial charge >= 0.3 is 59.1 Å². The predicted molar refractivity (Wildman–Crippen MR) is 216 cm³/mol. The molecule has 0 aliphatic heterocycles. The molecule has 3 radical (unpaired) electrons. The molecule has 0 aliphatic rings. The Hall–Kier alpha value is -4.12. The van der Waals surface area contributed by atoms with E-state index in [2.05, 4.69) is 20.1 Å². The van der Waals surface area contributed by atoms with Crippen molar-refractivity contribution in [1.82, 2.24) is 0 Å². The van der Waals surface area contributed by atoms with Crippen molar-refractivity contribution in [1.29, 1.82) is 0 Å². The molecule has 0 spiro atoms. The number of hydrogen-bond donors (Lipinski definition) is 5. The zero-order chi connectivity index (χ0) is 44.3. The second-order valence-electron chi connectivity index (χ2n) is 11.0. The van der Waals surface area contributed by atoms with E-state index < -0.39 is 24.4 Å². The van der Waals surface area contributed by atoms with E-state index in [1.165, 1.54) is 102 Å². The maximum Gasteiger partial charge on any atom is 1.00 e. The number of halogens is 5. The standard InChI is InChI=1S/C9H10ClFO2.2C9H10FN3O2.C9H12FNO2.B.N3.2Na.H/c10-5-8(12)6-13-9-3-1-7(11)2-4-9;2*10-7-1-3-9(4-2-7)15-6-8(14)5-12-13-11;10-7-1-3-9(4-2-7)13-6-8(12)5-11;;1-3-2;;;/h1-4,8,12H,5-6H2;2*1-4,8,14H,5-6H2;1-4,8,12H,5-6,11H2;;;;;/q;;;;;-1;2*+1;-1/t;8-;;;;;;;/m.1......./s1. The number of alkyl halides is 1. The van der Waals surface area contributed by atoms with Crippen LogP contribution in [0.2, 0.25) is 0 Å². The number of nitrogens with two attached hydrogens (primary N) is 1. The number of rotatable bonds is 18. The SMILES string of the molecule is NCC(O)COc1ccc(F)cc1.OC(CCl)COc1ccc(F)cc1.[B].[H-].[N-]=[N+]=NCC(O)COc1ccc(F)cc1.[N-]=[N+]=NC[C@@H](O)COc1ccc(F)cc1.[N-]=[N+]=[N-].[Na+].[Na+]. The van der Waals surface area contributed by atoms with Gasteiger partial charge in [0.25, 0.3) is 0 Å². The summed E-state index contributed by atoms with van der Waals surface area (Å²) in [5, 5.41) is 42.9. The Morgan fingerprint density at radius 2 is 0.742 bits per heavy atom. The molecule has 0 saturated heterocycles. The van der Waals surface area contributed by atoms with Gasteiger partial charge in [0.2, 0.25) is 0 Å². The van der Waals surface area contributed by atoms with Crippen molar-refractivity contribution >= 4 is 20.0 Å². The molecule has 62 heavy (non-hydrogen) atoms. The van der Waals surface area contributed by atoms with Gasteiger partial charge in [-0.2, -0.15) is 0 Å². The zero-order valence-corrected chi connectivity index (χ0v) is 38.5. The summed E-state index contributed by atoms with van der Waals surface area (Å²) >= 11 is 5.35. The molecule has 0 saturated carbocycles. The maximum atomic E-state index is 12.5. The minimum Gasteiger partial charge on any atom is -1.00 e. The first-order valence-corrected chi connectivity index (χ1v) is 17.4. The molecule has 4 rings (SSSR count). The van der Waals surface area contributed by atoms with Gasteiger partial charge in [-0.1, -0.05) is 10.2 Å². The molecule has 4 aromatic carbocycles. The van der Waals surface area contributed by atoms with Crippen LogP contribution in [0.4, 0.5) is 17.6 Å². The van der Waals surface area contributed by atoms with Crippen LogP contribution in [0.5, 0.6) is 23.0 Å². The molecule has 325 valence electrons. The first-order chi connectivity index (χ1) is 28.3. The summed E-state index contributed by atoms with van der Waals surface area (Å²) in [7, 11) is 0. The topological polar surface area (TPSA) is 300 Å². The van der Waals surface area contributed by atoms with Gasteiger partial charge in [-0.15, -0.1) is 11.6 Å². The van der Waals surface area contributed by atoms with Gasteiger partial charge in [0.15, 0.2) is 0 Å². The van der Waals surface area contributed by atoms with Crippen LogP contribution in [0.25, 0.3) is 36.9 Å². The van der Waals surface area contributed by atoms with Crippen molar-refractivity contribution in [2.24, 2.45) is 16.0 Å². The van der Waals surface area contributed by atoms with Crippen molar-refractivity contribution in [3.63, 3.8) is 0 Å². The first-order valence-electron chi connectivity index (χ1n) is 16.8. The number of nitrogens with zero attached hydrogens (tertiary/aromatic N) is 9. The minimum absolute atomic E-state index is 0. The molecule has 0 heterocycles. The monoisotopic (exact) mass is 911 g/mol. The second-order valence-corrected chi connectivity index (χ2v) is 11.3. The van der Waals surface area contributed by atoms with Crippen LogP contribution in [-0.2, 0) is 0 Å². The molecule has 0 amide bonds. The summed E-state index contributed by atoms with van der Waals surface area (Å²) in [6.07, 6.45) is -3.08. The number of hydrogen-bond acceptors (Lipinski definition) is 11. The quantitative estimate of drug-likeness (QED) is 0.0234. The molecule has 0 bridgehead atoms. The molecule has 3 unspecified atom stereocenters. The molecule has 18 nitrogen and oxygen atoms in total. The van der Waals surface area contributed by atoms with Crippen LogP contribution in [0.3, 0.4) is 0 Å². The molecule has 4 atom stereocenters. The summed E-state index contributed by atoms with van der Waals surface area (Å²) in [6.45, 7) is 0.323. The van der Waals surface area contributed by atoms with E-state index in [1.54, 1.807) is 0 Å². The fourth-order valence-electron chi connectivity index (χ4n) is 3.37. The Balaban J connectivity index is -0.000000228. The van der Waals surface area contributed by atoms with Crippen molar-refractivity contribution in [3.8, 4) is 23.0 Å². The van der Waals surface area contributed by atoms with Gasteiger partial charge in [-0.25, -0.2) is 17.6 Å². The van der Waals surface area contributed by atoms with Crippen LogP contribution in [0, 0.1) is 23.3 Å². The van der Waals surface area contributed by atoms with E-state index in [1.807, 2.05) is 0 Å². The molecular formula is C36H43BClF4N10Na2O8. The summed E-state index contributed by atoms with van der Waals surface area (Å²) in [5.74, 6) is 0.749. The average molecular weight is 912 g/mol. The van der Waals surface area contributed by atoms with Crippen LogP contribution in [0.15, 0.2) is 107 Å². The van der Waals surface area contributed by atoms with Crippen molar-refractivity contribution in [2.45, 2.75) is 24.4 Å². The van der Waals surface area contributed by atoms with Crippen LogP contribution in [0.1, 0.15) is 1.43 Å². The minimum atomic E-state index is -0.856. The van der Waals surface area contributed by atoms with E-state index in [9.17, 15) is 27.8 Å². The third-order valence-corrected chi connectivity index (χ3v) is 6.54. The molecule has 0 aromatic heterocycles. The summed E-state index contributed by atoms with van der Waals surface area (Å²) in [5.41, 5.74) is 34.7. The Morgan fingerprint density at radius 1 is 0.516 bits per heavy atom. The number of azide groups is 2. The number of ether oxygens (including phenoxy) is 4. The van der Waals surface area contributed by atoms with Gasteiger partial charge < -0.3 is 57.6 Å². The second kappa shape index (κ2) is 42.2. The van der Waals surface area contributed by atoms with Crippen LogP contribution >= 0.6 is 11.6 Å². The first kappa shape index (κ1) is 64.5. The number of aliphatic hydroxyl groups excluding tert-OH is 4. The Morgan fingerprint density at radius 3 is 0.952 bits per heavy atom. The van der Waals surface area contributed by atoms with E-state index in [0.29, 0.717) is 23.0 Å². The fraction of sp³-hybridized carbons (Fsp3) is 0.333. The number of aliphatic hydroxyl groups is 4. The third kappa shape index (κ3) is 36.5. The Labute approximate surface area is 407 Å². The molecule has 6 N–H and O–H groups in total. The van der Waals surface area contributed by atoms with E-state index in [0.717, 1.165) is 0 Å². The Kier molecular flexibility index (Phi) is 43.9. The average Bonchev–Trinajstić information content (AvgIpc) is 3.24. The van der Waals surface area contributed by atoms with Gasteiger partial charge in [0.05, 0.1) is 31.2 Å². The third-order valence-electron chi connectivity index (χ3n) is 6.19. The smallest absolute Gasteiger partial charge is 1.00 e. The van der Waals surface area contributed by atoms with E-state index >= 15 is 0 Å². The van der Waals surface area contributed by atoms with Crippen LogP contribution < -0.4 is 83.8 Å². The van der Waals surface area contributed by atoms with Crippen molar-refractivity contribution < 1.29 is 117 Å². The summed E-state index contributed by atoms with van der Waals surface area (Å²) < 4.78 is 70.3. The normalized spacial score (nSPS) is 11.0. The summed E-state index contributed by atoms with van der Waals surface area (Å²) in [6, 6.07) is 22.0. The predicted octanol–water partition coefficient (Wildman–Crippen LogP) is 0.685. The fourth-order valence-corrected chi connectivity index (χ4v) is 3.46. The zero-order valence-electron chi connectivity index (χ0n) is 34.7. The van der Waals surface area contributed by atoms with E-state index in [4.69, 9.17) is 68.6 Å². The molecule has 4 aromatic rings. The maximum absolute atomic E-state index is 12.5. The molecule has 26 heteroatoms. The molecule has 0 aliphatic carbocycles. The van der Waals surface area contributed by atoms with Gasteiger partial charge in [-0.3, -0.25) is 4.91 Å². The van der Waals surface area contributed by atoms with Crippen LogP contribution in [-0.4, -0.2) is 105 Å². The van der Waals surface area contributed by atoms with E-state index in [-0.39, 0.29) is 144 Å². The van der Waals surface area contributed by atoms with Gasteiger partial charge in [-0.05, 0) is 108 Å². The van der Waals surface area contributed by atoms with Gasteiger partial charge in [0, 0.05) is 24.8 Å². The van der Waals surface area contributed by atoms with Gasteiger partial charge in [0.1, 0.15) is 84.9 Å². The largest absolute Gasteiger partial charge is 1.00 e. The number of benzene rings is 4. The molecular weight excluding hydrogens is 869 g/mol. The molecule has 0 fully saturated rings. The Bertz CT molecular complexity index is 1710. The van der Waals surface area contributed by atoms with Crippen molar-refractivity contribution in [3.05, 3.63) is 157 Å². The summed E-state index contributed by atoms with van der Waals surface area (Å²) in [4.78, 5) is 6.50. The van der Waals surface area contributed by atoms with Crippen molar-refractivity contribution in [2.75, 3.05) is 51.9 Å².